The third-order valence-corrected chi connectivity index (χ3v) is 6.17. The number of aryl methyl sites for hydroxylation is 1. The zero-order valence-corrected chi connectivity index (χ0v) is 22.0. The largest absolute Gasteiger partial charge is 1.00 e. The van der Waals surface area contributed by atoms with Crippen LogP contribution in [0.2, 0.25) is 0 Å². The van der Waals surface area contributed by atoms with Crippen LogP contribution >= 0.6 is 0 Å². The number of carboxylic acid groups (broad SMARTS) is 1. The summed E-state index contributed by atoms with van der Waals surface area (Å²) in [7, 11) is 1.85. The molecule has 34 heavy (non-hydrogen) atoms. The molecular formula is C28H30NNaO4. The second-order valence-electron chi connectivity index (χ2n) is 8.63. The van der Waals surface area contributed by atoms with Crippen molar-refractivity contribution in [3.05, 3.63) is 95.6 Å². The van der Waals surface area contributed by atoms with Crippen molar-refractivity contribution in [3.8, 4) is 11.5 Å². The Kier molecular flexibility index (Phi) is 10.0. The summed E-state index contributed by atoms with van der Waals surface area (Å²) in [6.07, 6.45) is 1.94. The molecular weight excluding hydrogens is 437 g/mol. The molecule has 3 aromatic carbocycles. The van der Waals surface area contributed by atoms with Gasteiger partial charge in [-0.1, -0.05) is 54.6 Å². The predicted octanol–water partition coefficient (Wildman–Crippen LogP) is 0.524. The molecule has 6 heteroatoms. The van der Waals surface area contributed by atoms with Crippen molar-refractivity contribution < 1.29 is 48.9 Å². The standard InChI is InChI=1S/C28H31NO4.Na/c1-29(20-27(30)31)19-23-13-12-22-18-25(33-17-16-32-24-10-6-3-7-11-24)14-15-26(22)28(23)21-8-4-2-5-9-21;/h2-11,14-15,18,23,28H,12-13,16-17,19-20H2,1H3,(H,30,31);/q;+1/p-1. The fourth-order valence-electron chi connectivity index (χ4n) is 4.78. The van der Waals surface area contributed by atoms with Crippen molar-refractivity contribution in [2.75, 3.05) is 33.4 Å². The Morgan fingerprint density at radius 1 is 0.941 bits per heavy atom. The Balaban J connectivity index is 0.00000324. The van der Waals surface area contributed by atoms with E-state index < -0.39 is 5.97 Å². The Labute approximate surface area is 224 Å². The average molecular weight is 468 g/mol. The van der Waals surface area contributed by atoms with E-state index in [0.717, 1.165) is 24.3 Å². The number of nitrogens with zero attached hydrogens (tertiary/aromatic N) is 1. The first kappa shape index (κ1) is 26.3. The molecule has 0 aliphatic heterocycles. The number of para-hydroxylation sites is 1. The van der Waals surface area contributed by atoms with Gasteiger partial charge in [0.05, 0.1) is 5.97 Å². The van der Waals surface area contributed by atoms with Crippen LogP contribution in [0.1, 0.15) is 29.0 Å². The van der Waals surface area contributed by atoms with Gasteiger partial charge in [-0.3, -0.25) is 0 Å². The third kappa shape index (κ3) is 7.09. The molecule has 0 amide bonds. The number of aliphatic carboxylic acids is 1. The normalized spacial score (nSPS) is 16.9. The maximum atomic E-state index is 11.1. The Morgan fingerprint density at radius 2 is 1.59 bits per heavy atom. The van der Waals surface area contributed by atoms with E-state index in [0.29, 0.717) is 25.7 Å². The van der Waals surface area contributed by atoms with Gasteiger partial charge >= 0.3 is 29.6 Å². The van der Waals surface area contributed by atoms with Gasteiger partial charge in [0.25, 0.3) is 0 Å². The van der Waals surface area contributed by atoms with Crippen molar-refractivity contribution in [2.24, 2.45) is 5.92 Å². The summed E-state index contributed by atoms with van der Waals surface area (Å²) in [5.41, 5.74) is 3.85. The molecule has 0 aromatic heterocycles. The van der Waals surface area contributed by atoms with Crippen LogP contribution < -0.4 is 44.1 Å². The van der Waals surface area contributed by atoms with Crippen LogP contribution in [-0.4, -0.2) is 44.2 Å². The molecule has 5 nitrogen and oxygen atoms in total. The summed E-state index contributed by atoms with van der Waals surface area (Å²) in [4.78, 5) is 12.9. The molecule has 172 valence electrons. The fraction of sp³-hybridized carbons (Fsp3) is 0.321. The summed E-state index contributed by atoms with van der Waals surface area (Å²) in [5.74, 6) is 1.20. The van der Waals surface area contributed by atoms with E-state index in [2.05, 4.69) is 36.4 Å². The number of carboxylic acids is 1. The molecule has 0 N–H and O–H groups in total. The van der Waals surface area contributed by atoms with Crippen molar-refractivity contribution in [2.45, 2.75) is 18.8 Å². The first-order valence-corrected chi connectivity index (χ1v) is 11.5. The number of rotatable bonds is 10. The number of fused-ring (bicyclic) bond motifs is 1. The number of hydrogen-bond acceptors (Lipinski definition) is 5. The average Bonchev–Trinajstić information content (AvgIpc) is 2.82. The maximum Gasteiger partial charge on any atom is 1.00 e. The van der Waals surface area contributed by atoms with E-state index in [1.807, 2.05) is 54.4 Å². The summed E-state index contributed by atoms with van der Waals surface area (Å²) in [6.45, 7) is 1.62. The molecule has 4 rings (SSSR count). The molecule has 1 aliphatic rings. The topological polar surface area (TPSA) is 61.8 Å². The minimum Gasteiger partial charge on any atom is -0.549 e. The van der Waals surface area contributed by atoms with Crippen molar-refractivity contribution in [3.63, 3.8) is 0 Å². The first-order valence-electron chi connectivity index (χ1n) is 11.5. The molecule has 2 unspecified atom stereocenters. The van der Waals surface area contributed by atoms with E-state index in [4.69, 9.17) is 9.47 Å². The molecule has 0 bridgehead atoms. The van der Waals surface area contributed by atoms with Crippen molar-refractivity contribution in [1.82, 2.24) is 4.90 Å². The van der Waals surface area contributed by atoms with E-state index in [-0.39, 0.29) is 42.0 Å². The molecule has 0 saturated heterocycles. The number of carbonyl (C=O) groups excluding carboxylic acids is 1. The molecule has 0 saturated carbocycles. The van der Waals surface area contributed by atoms with Gasteiger partial charge in [0.2, 0.25) is 0 Å². The summed E-state index contributed by atoms with van der Waals surface area (Å²) < 4.78 is 11.7. The van der Waals surface area contributed by atoms with Gasteiger partial charge in [0.1, 0.15) is 24.7 Å². The molecule has 0 radical (unpaired) electrons. The zero-order chi connectivity index (χ0) is 23.0. The molecule has 0 heterocycles. The fourth-order valence-corrected chi connectivity index (χ4v) is 4.78. The van der Waals surface area contributed by atoms with Crippen molar-refractivity contribution >= 4 is 5.97 Å². The van der Waals surface area contributed by atoms with E-state index in [1.165, 1.54) is 16.7 Å². The number of benzene rings is 3. The molecule has 3 aromatic rings. The minimum absolute atomic E-state index is 0. The number of ether oxygens (including phenoxy) is 2. The van der Waals surface area contributed by atoms with E-state index >= 15 is 0 Å². The van der Waals surface area contributed by atoms with Gasteiger partial charge in [0.15, 0.2) is 0 Å². The second kappa shape index (κ2) is 13.0. The van der Waals surface area contributed by atoms with Crippen LogP contribution in [0.25, 0.3) is 0 Å². The second-order valence-corrected chi connectivity index (χ2v) is 8.63. The van der Waals surface area contributed by atoms with Crippen LogP contribution in [0.4, 0.5) is 0 Å². The zero-order valence-electron chi connectivity index (χ0n) is 20.0. The van der Waals surface area contributed by atoms with Gasteiger partial charge in [-0.15, -0.1) is 0 Å². The predicted molar refractivity (Wildman–Crippen MR) is 126 cm³/mol. The summed E-state index contributed by atoms with van der Waals surface area (Å²) in [5, 5.41) is 11.1. The number of carbonyl (C=O) groups is 1. The van der Waals surface area contributed by atoms with Crippen LogP contribution in [0.3, 0.4) is 0 Å². The van der Waals surface area contributed by atoms with Gasteiger partial charge in [-0.2, -0.15) is 0 Å². The number of hydrogen-bond donors (Lipinski definition) is 0. The summed E-state index contributed by atoms with van der Waals surface area (Å²) in [6, 6.07) is 26.6. The van der Waals surface area contributed by atoms with Crippen LogP contribution in [0.15, 0.2) is 78.9 Å². The monoisotopic (exact) mass is 467 g/mol. The Morgan fingerprint density at radius 3 is 2.26 bits per heavy atom. The third-order valence-electron chi connectivity index (χ3n) is 6.17. The molecule has 1 aliphatic carbocycles. The molecule has 0 spiro atoms. The number of likely N-dealkylation sites (N-methyl/N-ethyl adjacent to an activating group) is 1. The maximum absolute atomic E-state index is 11.1. The van der Waals surface area contributed by atoms with Gasteiger partial charge in [-0.05, 0) is 66.8 Å². The SMILES string of the molecule is CN(CC(=O)[O-])CC1CCc2cc(OCCOc3ccccc3)ccc2C1c1ccccc1.[Na+]. The molecule has 0 fully saturated rings. The van der Waals surface area contributed by atoms with Crippen LogP contribution in [0.5, 0.6) is 11.5 Å². The van der Waals surface area contributed by atoms with Crippen LogP contribution in [0, 0.1) is 5.92 Å². The van der Waals surface area contributed by atoms with E-state index in [9.17, 15) is 9.90 Å². The van der Waals surface area contributed by atoms with Crippen molar-refractivity contribution in [1.29, 1.82) is 0 Å². The van der Waals surface area contributed by atoms with Gasteiger partial charge in [-0.25, -0.2) is 0 Å². The van der Waals surface area contributed by atoms with Crippen LogP contribution in [-0.2, 0) is 11.2 Å². The summed E-state index contributed by atoms with van der Waals surface area (Å²) >= 11 is 0. The Bertz CT molecular complexity index is 1040. The quantitative estimate of drug-likeness (QED) is 0.322. The smallest absolute Gasteiger partial charge is 0.549 e. The minimum atomic E-state index is -1.04. The van der Waals surface area contributed by atoms with Gasteiger partial charge in [0, 0.05) is 19.0 Å². The van der Waals surface area contributed by atoms with Gasteiger partial charge < -0.3 is 24.3 Å². The first-order chi connectivity index (χ1) is 16.1. The molecule has 2 atom stereocenters. The van der Waals surface area contributed by atoms with E-state index in [1.54, 1.807) is 0 Å². The Hall–Kier alpha value is -2.31.